The molecule has 0 aliphatic heterocycles. The second-order valence-corrected chi connectivity index (χ2v) is 8.97. The molecule has 0 unspecified atom stereocenters. The fourth-order valence-electron chi connectivity index (χ4n) is 4.58. The number of rotatable bonds is 10. The SMILES string of the molecule is CC=Cc1ccccc1Oc1c(CC)cccc1Cc1cccc(CC)c1Oc1ccccc1C=CC. The van der Waals surface area contributed by atoms with E-state index in [9.17, 15) is 0 Å². The van der Waals surface area contributed by atoms with Crippen LogP contribution in [-0.2, 0) is 19.3 Å². The van der Waals surface area contributed by atoms with E-state index < -0.39 is 0 Å². The molecule has 0 fully saturated rings. The highest BCUT2D eigenvalue weighted by Crippen LogP contribution is 2.38. The number of ether oxygens (including phenoxy) is 2. The van der Waals surface area contributed by atoms with Crippen LogP contribution < -0.4 is 9.47 Å². The third-order valence-corrected chi connectivity index (χ3v) is 6.45. The Bertz CT molecular complexity index is 1290. The van der Waals surface area contributed by atoms with Crippen molar-refractivity contribution in [2.24, 2.45) is 0 Å². The Balaban J connectivity index is 1.77. The summed E-state index contributed by atoms with van der Waals surface area (Å²) in [6.07, 6.45) is 10.8. The van der Waals surface area contributed by atoms with E-state index in [2.05, 4.69) is 74.5 Å². The first-order chi connectivity index (χ1) is 18.2. The van der Waals surface area contributed by atoms with Crippen LogP contribution in [0.1, 0.15) is 61.1 Å². The fourth-order valence-corrected chi connectivity index (χ4v) is 4.58. The third kappa shape index (κ3) is 6.21. The van der Waals surface area contributed by atoms with E-state index in [0.29, 0.717) is 6.42 Å². The van der Waals surface area contributed by atoms with Gasteiger partial charge in [0.1, 0.15) is 23.0 Å². The Kier molecular flexibility index (Phi) is 8.99. The van der Waals surface area contributed by atoms with Crippen LogP contribution in [0.3, 0.4) is 0 Å². The Hall–Kier alpha value is -4.04. The zero-order chi connectivity index (χ0) is 26.0. The molecule has 37 heavy (non-hydrogen) atoms. The van der Waals surface area contributed by atoms with E-state index in [1.165, 1.54) is 11.1 Å². The number of para-hydroxylation sites is 4. The minimum atomic E-state index is 0.712. The summed E-state index contributed by atoms with van der Waals surface area (Å²) < 4.78 is 13.3. The summed E-state index contributed by atoms with van der Waals surface area (Å²) in [4.78, 5) is 0. The van der Waals surface area contributed by atoms with Gasteiger partial charge in [-0.2, -0.15) is 0 Å². The van der Waals surface area contributed by atoms with Crippen LogP contribution in [0.2, 0.25) is 0 Å². The second-order valence-electron chi connectivity index (χ2n) is 8.97. The molecule has 2 nitrogen and oxygen atoms in total. The first-order valence-electron chi connectivity index (χ1n) is 13.2. The molecule has 4 rings (SSSR count). The first-order valence-corrected chi connectivity index (χ1v) is 13.2. The maximum Gasteiger partial charge on any atom is 0.134 e. The lowest BCUT2D eigenvalue weighted by molar-refractivity contribution is 0.464. The van der Waals surface area contributed by atoms with Gasteiger partial charge in [0.15, 0.2) is 0 Å². The van der Waals surface area contributed by atoms with Crippen LogP contribution in [0.5, 0.6) is 23.0 Å². The normalized spacial score (nSPS) is 11.4. The molecule has 0 spiro atoms. The van der Waals surface area contributed by atoms with E-state index in [1.54, 1.807) is 0 Å². The van der Waals surface area contributed by atoms with Crippen LogP contribution in [0, 0.1) is 0 Å². The Labute approximate surface area is 221 Å². The largest absolute Gasteiger partial charge is 0.456 e. The molecule has 0 N–H and O–H groups in total. The molecule has 0 saturated heterocycles. The van der Waals surface area contributed by atoms with Gasteiger partial charge in [0.05, 0.1) is 0 Å². The maximum atomic E-state index is 6.65. The Morgan fingerprint density at radius 2 is 0.919 bits per heavy atom. The lowest BCUT2D eigenvalue weighted by Gasteiger charge is -2.19. The van der Waals surface area contributed by atoms with Crippen LogP contribution in [-0.4, -0.2) is 0 Å². The molecule has 0 radical (unpaired) electrons. The summed E-state index contributed by atoms with van der Waals surface area (Å²) in [7, 11) is 0. The number of benzene rings is 4. The van der Waals surface area contributed by atoms with Crippen molar-refractivity contribution in [2.75, 3.05) is 0 Å². The van der Waals surface area contributed by atoms with Crippen molar-refractivity contribution in [1.29, 1.82) is 0 Å². The van der Waals surface area contributed by atoms with Gasteiger partial charge in [-0.1, -0.05) is 111 Å². The molecule has 0 aromatic heterocycles. The second kappa shape index (κ2) is 12.8. The molecule has 0 bridgehead atoms. The van der Waals surface area contributed by atoms with Gasteiger partial charge >= 0.3 is 0 Å². The predicted molar refractivity (Wildman–Crippen MR) is 157 cm³/mol. The molecular formula is C35H36O2. The summed E-state index contributed by atoms with van der Waals surface area (Å²) >= 11 is 0. The van der Waals surface area contributed by atoms with E-state index in [-0.39, 0.29) is 0 Å². The highest BCUT2D eigenvalue weighted by molar-refractivity contribution is 5.60. The molecule has 0 amide bonds. The van der Waals surface area contributed by atoms with Crippen LogP contribution in [0.25, 0.3) is 12.2 Å². The predicted octanol–water partition coefficient (Wildman–Crippen LogP) is 10.1. The highest BCUT2D eigenvalue weighted by atomic mass is 16.5. The summed E-state index contributed by atoms with van der Waals surface area (Å²) in [5.41, 5.74) is 6.82. The van der Waals surface area contributed by atoms with Gasteiger partial charge in [0, 0.05) is 17.5 Å². The van der Waals surface area contributed by atoms with E-state index in [4.69, 9.17) is 9.47 Å². The maximum absolute atomic E-state index is 6.65. The average molecular weight is 489 g/mol. The molecule has 4 aromatic rings. The molecule has 0 saturated carbocycles. The molecule has 188 valence electrons. The van der Waals surface area contributed by atoms with Gasteiger partial charge in [0.25, 0.3) is 0 Å². The first kappa shape index (κ1) is 26.0. The van der Waals surface area contributed by atoms with Gasteiger partial charge in [-0.3, -0.25) is 0 Å². The van der Waals surface area contributed by atoms with Crippen LogP contribution >= 0.6 is 0 Å². The van der Waals surface area contributed by atoms with Gasteiger partial charge in [-0.05, 0) is 61.1 Å². The zero-order valence-corrected chi connectivity index (χ0v) is 22.3. The summed E-state index contributed by atoms with van der Waals surface area (Å²) in [6, 6.07) is 29.3. The number of aryl methyl sites for hydroxylation is 2. The lowest BCUT2D eigenvalue weighted by Crippen LogP contribution is -2.02. The monoisotopic (exact) mass is 488 g/mol. The molecule has 4 aromatic carbocycles. The standard InChI is InChI=1S/C35H36O2/c1-5-15-28-17-9-11-23-32(28)36-34-26(7-3)19-13-21-30(34)25-31-22-14-20-27(8-4)35(31)37-33-24-12-10-18-29(33)16-6-2/h5-6,9-24H,7-8,25H2,1-4H3. The van der Waals surface area contributed by atoms with Crippen LogP contribution in [0.4, 0.5) is 0 Å². The summed E-state index contributed by atoms with van der Waals surface area (Å²) in [6.45, 7) is 8.40. The van der Waals surface area contributed by atoms with Crippen LogP contribution in [0.15, 0.2) is 97.1 Å². The molecule has 2 heteroatoms. The summed E-state index contributed by atoms with van der Waals surface area (Å²) in [5, 5.41) is 0. The van der Waals surface area contributed by atoms with Gasteiger partial charge < -0.3 is 9.47 Å². The molecule has 0 heterocycles. The topological polar surface area (TPSA) is 18.5 Å². The van der Waals surface area contributed by atoms with Crippen molar-refractivity contribution in [3.8, 4) is 23.0 Å². The average Bonchev–Trinajstić information content (AvgIpc) is 2.92. The van der Waals surface area contributed by atoms with E-state index in [1.807, 2.05) is 62.4 Å². The quantitative estimate of drug-likeness (QED) is 0.221. The smallest absolute Gasteiger partial charge is 0.134 e. The molecule has 0 aliphatic carbocycles. The van der Waals surface area contributed by atoms with Crippen molar-refractivity contribution in [1.82, 2.24) is 0 Å². The van der Waals surface area contributed by atoms with Gasteiger partial charge in [-0.15, -0.1) is 0 Å². The Morgan fingerprint density at radius 3 is 1.32 bits per heavy atom. The van der Waals surface area contributed by atoms with Crippen molar-refractivity contribution < 1.29 is 9.47 Å². The minimum absolute atomic E-state index is 0.712. The van der Waals surface area contributed by atoms with E-state index in [0.717, 1.165) is 58.1 Å². The van der Waals surface area contributed by atoms with Gasteiger partial charge in [0.2, 0.25) is 0 Å². The van der Waals surface area contributed by atoms with Crippen molar-refractivity contribution in [2.45, 2.75) is 47.0 Å². The molecular weight excluding hydrogens is 452 g/mol. The molecule has 0 aliphatic rings. The lowest BCUT2D eigenvalue weighted by atomic mass is 9.97. The van der Waals surface area contributed by atoms with Crippen molar-refractivity contribution in [3.05, 3.63) is 130 Å². The number of hydrogen-bond donors (Lipinski definition) is 0. The summed E-state index contributed by atoms with van der Waals surface area (Å²) in [5.74, 6) is 3.59. The van der Waals surface area contributed by atoms with Crippen molar-refractivity contribution in [3.63, 3.8) is 0 Å². The number of hydrogen-bond acceptors (Lipinski definition) is 2. The fraction of sp³-hybridized carbons (Fsp3) is 0.200. The zero-order valence-electron chi connectivity index (χ0n) is 22.3. The van der Waals surface area contributed by atoms with Crippen molar-refractivity contribution >= 4 is 12.2 Å². The highest BCUT2D eigenvalue weighted by Gasteiger charge is 2.17. The minimum Gasteiger partial charge on any atom is -0.456 e. The Morgan fingerprint density at radius 1 is 0.514 bits per heavy atom. The van der Waals surface area contributed by atoms with E-state index >= 15 is 0 Å². The van der Waals surface area contributed by atoms with Gasteiger partial charge in [-0.25, -0.2) is 0 Å². The third-order valence-electron chi connectivity index (χ3n) is 6.45. The number of allylic oxidation sites excluding steroid dienone is 2. The molecule has 0 atom stereocenters.